The molecule has 258 valence electrons. The Balaban J connectivity index is 1.22. The van der Waals surface area contributed by atoms with Gasteiger partial charge in [0.05, 0.1) is 42.4 Å². The molecular weight excluding hydrogens is 660 g/mol. The Bertz CT molecular complexity index is 2150. The van der Waals surface area contributed by atoms with Gasteiger partial charge in [-0.05, 0) is 59.9 Å². The van der Waals surface area contributed by atoms with E-state index in [0.717, 1.165) is 76.3 Å². The summed E-state index contributed by atoms with van der Waals surface area (Å²) in [7, 11) is -3.90. The van der Waals surface area contributed by atoms with Crippen molar-refractivity contribution >= 4 is 44.2 Å². The lowest BCUT2D eigenvalue weighted by Gasteiger charge is -2.38. The minimum Gasteiger partial charge on any atom is -0.377 e. The molecule has 1 unspecified atom stereocenters. The Morgan fingerprint density at radius 2 is 1.96 bits per heavy atom. The molecule has 8 rings (SSSR count). The maximum Gasteiger partial charge on any atom is 0.263 e. The first-order valence-corrected chi connectivity index (χ1v) is 19.1. The van der Waals surface area contributed by atoms with Crippen molar-refractivity contribution < 1.29 is 13.2 Å². The molecule has 4 aromatic rings. The molecule has 13 heteroatoms. The van der Waals surface area contributed by atoms with Crippen LogP contribution < -0.4 is 9.80 Å². The molecule has 0 radical (unpaired) electrons. The minimum atomic E-state index is -3.90. The average Bonchev–Trinajstić information content (AvgIpc) is 3.72. The summed E-state index contributed by atoms with van der Waals surface area (Å²) in [5.74, 6) is 2.88. The fourth-order valence-corrected chi connectivity index (χ4v) is 10.1. The molecule has 1 saturated carbocycles. The zero-order chi connectivity index (χ0) is 34.2. The molecule has 2 aliphatic heterocycles. The van der Waals surface area contributed by atoms with Gasteiger partial charge in [0.1, 0.15) is 21.4 Å². The number of hydrogen-bond acceptors (Lipinski definition) is 9. The van der Waals surface area contributed by atoms with Gasteiger partial charge >= 0.3 is 0 Å². The molecule has 5 heterocycles. The third-order valence-corrected chi connectivity index (χ3v) is 13.0. The summed E-state index contributed by atoms with van der Waals surface area (Å²) < 4.78 is 36.4. The van der Waals surface area contributed by atoms with E-state index in [9.17, 15) is 8.42 Å². The topological polar surface area (TPSA) is 111 Å². The second kappa shape index (κ2) is 11.9. The number of hydrogen-bond donors (Lipinski definition) is 0. The Kier molecular flexibility index (Phi) is 7.92. The molecule has 2 aliphatic carbocycles. The molecule has 11 nitrogen and oxygen atoms in total. The van der Waals surface area contributed by atoms with Gasteiger partial charge in [-0.1, -0.05) is 47.0 Å². The summed E-state index contributed by atoms with van der Waals surface area (Å²) in [6, 6.07) is 5.76. The highest BCUT2D eigenvalue weighted by Crippen LogP contribution is 2.46. The normalized spacial score (nSPS) is 23.1. The van der Waals surface area contributed by atoms with Crippen LogP contribution in [0.15, 0.2) is 47.7 Å². The molecule has 0 bridgehead atoms. The Labute approximate surface area is 292 Å². The van der Waals surface area contributed by atoms with Crippen LogP contribution in [0.3, 0.4) is 0 Å². The first-order chi connectivity index (χ1) is 23.5. The fourth-order valence-electron chi connectivity index (χ4n) is 7.91. The maximum absolute atomic E-state index is 14.2. The van der Waals surface area contributed by atoms with Crippen LogP contribution in [0, 0.1) is 0 Å². The van der Waals surface area contributed by atoms with Gasteiger partial charge in [0.25, 0.3) is 10.0 Å². The zero-order valence-electron chi connectivity index (χ0n) is 28.8. The SMILES string of the molecule is CCn1nc(C2CC2)c(Cl)c1N1CCc2nc(-c3cccc4c3cnn4S(=O)(=O)C3(C)C=C(C)C=C(C)C3)nc(N3CCOC[C@H]3C)c2C1. The van der Waals surface area contributed by atoms with Gasteiger partial charge in [-0.15, -0.1) is 0 Å². The molecule has 0 spiro atoms. The monoisotopic (exact) mass is 702 g/mol. The maximum atomic E-state index is 14.2. The van der Waals surface area contributed by atoms with Crippen molar-refractivity contribution in [3.05, 3.63) is 69.7 Å². The van der Waals surface area contributed by atoms with E-state index in [4.69, 9.17) is 31.4 Å². The Morgan fingerprint density at radius 3 is 2.69 bits per heavy atom. The number of halogens is 1. The second-order valence-electron chi connectivity index (χ2n) is 14.3. The van der Waals surface area contributed by atoms with Gasteiger partial charge in [0.2, 0.25) is 0 Å². The predicted molar refractivity (Wildman–Crippen MR) is 193 cm³/mol. The van der Waals surface area contributed by atoms with Crippen LogP contribution in [0.1, 0.15) is 76.8 Å². The number of rotatable bonds is 7. The number of morpholine rings is 1. The van der Waals surface area contributed by atoms with Crippen molar-refractivity contribution in [3.63, 3.8) is 0 Å². The molecule has 3 aromatic heterocycles. The van der Waals surface area contributed by atoms with Gasteiger partial charge < -0.3 is 14.5 Å². The Morgan fingerprint density at radius 1 is 1.14 bits per heavy atom. The number of aromatic nitrogens is 6. The van der Waals surface area contributed by atoms with Crippen LogP contribution in [0.5, 0.6) is 0 Å². The molecule has 4 aliphatic rings. The largest absolute Gasteiger partial charge is 0.377 e. The van der Waals surface area contributed by atoms with Crippen LogP contribution in [-0.2, 0) is 34.3 Å². The number of benzene rings is 1. The Hall–Kier alpha value is -3.74. The van der Waals surface area contributed by atoms with E-state index in [-0.39, 0.29) is 6.04 Å². The van der Waals surface area contributed by atoms with E-state index in [1.807, 2.05) is 48.9 Å². The van der Waals surface area contributed by atoms with E-state index in [1.54, 1.807) is 13.1 Å². The lowest BCUT2D eigenvalue weighted by atomic mass is 9.92. The van der Waals surface area contributed by atoms with E-state index < -0.39 is 14.8 Å². The molecule has 49 heavy (non-hydrogen) atoms. The lowest BCUT2D eigenvalue weighted by molar-refractivity contribution is 0.0984. The summed E-state index contributed by atoms with van der Waals surface area (Å²) in [6.07, 6.45) is 8.92. The predicted octanol–water partition coefficient (Wildman–Crippen LogP) is 6.26. The van der Waals surface area contributed by atoms with E-state index in [2.05, 4.69) is 28.7 Å². The first-order valence-electron chi connectivity index (χ1n) is 17.3. The van der Waals surface area contributed by atoms with Gasteiger partial charge in [-0.25, -0.2) is 23.1 Å². The summed E-state index contributed by atoms with van der Waals surface area (Å²) in [5.41, 5.74) is 6.32. The fraction of sp³-hybridized carbons (Fsp3) is 0.500. The standard InChI is InChI=1S/C36H43ClN8O3S/c1-6-44-35(31(37)32(41-44)25-10-11-25)42-13-12-29-28(20-42)34(43-14-15-48-21-24(43)4)40-33(39-29)26-8-7-9-30-27(26)19-38-45(30)49(46,47)36(5)17-22(2)16-23(3)18-36/h7-9,16-17,19,24-25H,6,10-15,18,20-21H2,1-5H3/t24-,36?/m1/s1. The van der Waals surface area contributed by atoms with E-state index >= 15 is 0 Å². The van der Waals surface area contributed by atoms with Crippen molar-refractivity contribution in [2.24, 2.45) is 0 Å². The smallest absolute Gasteiger partial charge is 0.263 e. The summed E-state index contributed by atoms with van der Waals surface area (Å²) in [4.78, 5) is 15.1. The number of fused-ring (bicyclic) bond motifs is 2. The van der Waals surface area contributed by atoms with E-state index in [0.29, 0.717) is 61.8 Å². The number of anilines is 2. The number of aryl methyl sites for hydroxylation is 1. The second-order valence-corrected chi connectivity index (χ2v) is 16.9. The molecular formula is C36H43ClN8O3S. The third-order valence-electron chi connectivity index (χ3n) is 10.4. The van der Waals surface area contributed by atoms with Crippen molar-refractivity contribution in [1.29, 1.82) is 0 Å². The third kappa shape index (κ3) is 5.38. The minimum absolute atomic E-state index is 0.121. The highest BCUT2D eigenvalue weighted by atomic mass is 35.5. The molecule has 0 amide bonds. The van der Waals surface area contributed by atoms with Crippen LogP contribution in [-0.4, -0.2) is 74.4 Å². The van der Waals surface area contributed by atoms with Crippen LogP contribution in [0.4, 0.5) is 11.6 Å². The van der Waals surface area contributed by atoms with Gasteiger partial charge in [0, 0.05) is 55.0 Å². The number of nitrogens with zero attached hydrogens (tertiary/aromatic N) is 8. The van der Waals surface area contributed by atoms with Gasteiger partial charge in [-0.3, -0.25) is 0 Å². The molecule has 1 aromatic carbocycles. The molecule has 2 fully saturated rings. The first kappa shape index (κ1) is 32.5. The molecule has 2 atom stereocenters. The number of ether oxygens (including phenoxy) is 1. The number of allylic oxidation sites excluding steroid dienone is 3. The average molecular weight is 703 g/mol. The lowest BCUT2D eigenvalue weighted by Crippen LogP contribution is -2.45. The zero-order valence-corrected chi connectivity index (χ0v) is 30.4. The van der Waals surface area contributed by atoms with Gasteiger partial charge in [-0.2, -0.15) is 14.3 Å². The van der Waals surface area contributed by atoms with Crippen LogP contribution in [0.25, 0.3) is 22.3 Å². The molecule has 0 N–H and O–H groups in total. The quantitative estimate of drug-likeness (QED) is 0.220. The van der Waals surface area contributed by atoms with Crippen molar-refractivity contribution in [2.75, 3.05) is 36.1 Å². The van der Waals surface area contributed by atoms with E-state index in [1.165, 1.54) is 4.09 Å². The summed E-state index contributed by atoms with van der Waals surface area (Å²) in [5, 5.41) is 10.9. The highest BCUT2D eigenvalue weighted by molar-refractivity contribution is 7.91. The molecule has 1 saturated heterocycles. The van der Waals surface area contributed by atoms with Gasteiger partial charge in [0.15, 0.2) is 5.82 Å². The van der Waals surface area contributed by atoms with Crippen molar-refractivity contribution in [1.82, 2.24) is 28.9 Å². The van der Waals surface area contributed by atoms with Crippen LogP contribution in [0.2, 0.25) is 5.02 Å². The summed E-state index contributed by atoms with van der Waals surface area (Å²) in [6.45, 7) is 14.0. The summed E-state index contributed by atoms with van der Waals surface area (Å²) >= 11 is 7.04. The highest BCUT2D eigenvalue weighted by Gasteiger charge is 2.42. The van der Waals surface area contributed by atoms with Crippen molar-refractivity contribution in [2.45, 2.75) is 90.1 Å². The van der Waals surface area contributed by atoms with Crippen LogP contribution >= 0.6 is 11.6 Å². The van der Waals surface area contributed by atoms with Crippen molar-refractivity contribution in [3.8, 4) is 11.4 Å².